The first-order valence-corrected chi connectivity index (χ1v) is 7.58. The summed E-state index contributed by atoms with van der Waals surface area (Å²) in [5.41, 5.74) is 0.545. The summed E-state index contributed by atoms with van der Waals surface area (Å²) in [4.78, 5) is 14.1. The third-order valence-corrected chi connectivity index (χ3v) is 4.01. The molecule has 0 unspecified atom stereocenters. The van der Waals surface area contributed by atoms with Gasteiger partial charge in [0.1, 0.15) is 5.54 Å². The fourth-order valence-corrected chi connectivity index (χ4v) is 2.92. The van der Waals surface area contributed by atoms with Crippen LogP contribution < -0.4 is 5.32 Å². The van der Waals surface area contributed by atoms with E-state index in [9.17, 15) is 10.1 Å². The van der Waals surface area contributed by atoms with Gasteiger partial charge in [0, 0.05) is 6.54 Å². The summed E-state index contributed by atoms with van der Waals surface area (Å²) >= 11 is 0. The largest absolute Gasteiger partial charge is 0.337 e. The third kappa shape index (κ3) is 4.57. The Morgan fingerprint density at radius 1 is 1.29 bits per heavy atom. The van der Waals surface area contributed by atoms with Crippen LogP contribution in [-0.2, 0) is 11.3 Å². The standard InChI is InChI=1S/C17H23N3O/c1-20(12-15-8-4-2-5-9-15)13-16(21)19-17(14-18)10-6-3-7-11-17/h2,4-5,8-9H,3,6-7,10-13H2,1H3,(H,19,21). The number of nitriles is 1. The van der Waals surface area contributed by atoms with Gasteiger partial charge in [-0.2, -0.15) is 5.26 Å². The number of hydrogen-bond acceptors (Lipinski definition) is 3. The molecular weight excluding hydrogens is 262 g/mol. The van der Waals surface area contributed by atoms with Crippen molar-refractivity contribution in [3.63, 3.8) is 0 Å². The Labute approximate surface area is 126 Å². The molecular formula is C17H23N3O. The second-order valence-corrected chi connectivity index (χ2v) is 5.96. The lowest BCUT2D eigenvalue weighted by Gasteiger charge is -2.32. The summed E-state index contributed by atoms with van der Waals surface area (Å²) in [7, 11) is 1.92. The maximum absolute atomic E-state index is 12.2. The zero-order valence-corrected chi connectivity index (χ0v) is 12.6. The van der Waals surface area contributed by atoms with Crippen LogP contribution in [-0.4, -0.2) is 29.9 Å². The molecule has 0 radical (unpaired) electrons. The molecule has 0 atom stereocenters. The van der Waals surface area contributed by atoms with Crippen molar-refractivity contribution in [1.82, 2.24) is 10.2 Å². The minimum atomic E-state index is -0.636. The van der Waals surface area contributed by atoms with E-state index in [-0.39, 0.29) is 5.91 Å². The van der Waals surface area contributed by atoms with Gasteiger partial charge in [0.15, 0.2) is 0 Å². The number of benzene rings is 1. The van der Waals surface area contributed by atoms with E-state index in [2.05, 4.69) is 11.4 Å². The molecule has 0 aromatic heterocycles. The molecule has 1 N–H and O–H groups in total. The van der Waals surface area contributed by atoms with E-state index >= 15 is 0 Å². The lowest BCUT2D eigenvalue weighted by Crippen LogP contribution is -2.51. The second kappa shape index (κ2) is 7.24. The van der Waals surface area contributed by atoms with Crippen molar-refractivity contribution < 1.29 is 4.79 Å². The Bertz CT molecular complexity index is 501. The average Bonchev–Trinajstić information content (AvgIpc) is 2.48. The highest BCUT2D eigenvalue weighted by Gasteiger charge is 2.33. The number of amides is 1. The molecule has 1 amide bonds. The van der Waals surface area contributed by atoms with Gasteiger partial charge in [-0.05, 0) is 25.5 Å². The number of rotatable bonds is 5. The molecule has 0 aliphatic heterocycles. The predicted molar refractivity (Wildman–Crippen MR) is 82.3 cm³/mol. The molecule has 1 aliphatic carbocycles. The Balaban J connectivity index is 1.85. The molecule has 21 heavy (non-hydrogen) atoms. The number of carbonyl (C=O) groups is 1. The SMILES string of the molecule is CN(CC(=O)NC1(C#N)CCCCC1)Cc1ccccc1. The Morgan fingerprint density at radius 2 is 1.95 bits per heavy atom. The lowest BCUT2D eigenvalue weighted by atomic mass is 9.83. The van der Waals surface area contributed by atoms with Crippen LogP contribution in [0.4, 0.5) is 0 Å². The highest BCUT2D eigenvalue weighted by Crippen LogP contribution is 2.27. The molecule has 0 saturated heterocycles. The van der Waals surface area contributed by atoms with Crippen LogP contribution in [0, 0.1) is 11.3 Å². The molecule has 4 nitrogen and oxygen atoms in total. The van der Waals surface area contributed by atoms with E-state index in [4.69, 9.17) is 0 Å². The van der Waals surface area contributed by atoms with Gasteiger partial charge in [-0.15, -0.1) is 0 Å². The van der Waals surface area contributed by atoms with Gasteiger partial charge in [-0.1, -0.05) is 49.6 Å². The van der Waals surface area contributed by atoms with E-state index in [0.717, 1.165) is 38.6 Å². The maximum atomic E-state index is 12.2. The third-order valence-electron chi connectivity index (χ3n) is 4.01. The minimum Gasteiger partial charge on any atom is -0.337 e. The van der Waals surface area contributed by atoms with E-state index in [1.165, 1.54) is 5.56 Å². The van der Waals surface area contributed by atoms with Gasteiger partial charge in [0.2, 0.25) is 5.91 Å². The molecule has 1 aliphatic rings. The van der Waals surface area contributed by atoms with E-state index in [0.29, 0.717) is 6.54 Å². The minimum absolute atomic E-state index is 0.0584. The zero-order valence-electron chi connectivity index (χ0n) is 12.6. The summed E-state index contributed by atoms with van der Waals surface area (Å²) in [5.74, 6) is -0.0584. The molecule has 0 spiro atoms. The van der Waals surface area contributed by atoms with Crippen LogP contribution in [0.3, 0.4) is 0 Å². The normalized spacial score (nSPS) is 17.2. The quantitative estimate of drug-likeness (QED) is 0.904. The van der Waals surface area contributed by atoms with Gasteiger partial charge in [-0.25, -0.2) is 0 Å². The summed E-state index contributed by atoms with van der Waals surface area (Å²) < 4.78 is 0. The topological polar surface area (TPSA) is 56.1 Å². The van der Waals surface area contributed by atoms with Crippen molar-refractivity contribution in [3.05, 3.63) is 35.9 Å². The maximum Gasteiger partial charge on any atom is 0.235 e. The Kier molecular flexibility index (Phi) is 5.35. The van der Waals surface area contributed by atoms with E-state index in [1.54, 1.807) is 0 Å². The number of nitrogens with zero attached hydrogens (tertiary/aromatic N) is 2. The molecule has 1 saturated carbocycles. The van der Waals surface area contributed by atoms with Crippen molar-refractivity contribution in [1.29, 1.82) is 5.26 Å². The van der Waals surface area contributed by atoms with Crippen molar-refractivity contribution in [2.24, 2.45) is 0 Å². The zero-order chi connectivity index (χ0) is 15.1. The average molecular weight is 285 g/mol. The van der Waals surface area contributed by atoms with Crippen LogP contribution >= 0.6 is 0 Å². The van der Waals surface area contributed by atoms with Gasteiger partial charge >= 0.3 is 0 Å². The molecule has 1 fully saturated rings. The van der Waals surface area contributed by atoms with Crippen LogP contribution in [0.2, 0.25) is 0 Å². The van der Waals surface area contributed by atoms with Gasteiger partial charge in [0.25, 0.3) is 0 Å². The Morgan fingerprint density at radius 3 is 2.57 bits per heavy atom. The highest BCUT2D eigenvalue weighted by atomic mass is 16.2. The molecule has 0 heterocycles. The van der Waals surface area contributed by atoms with Crippen molar-refractivity contribution in [2.45, 2.75) is 44.2 Å². The molecule has 2 rings (SSSR count). The van der Waals surface area contributed by atoms with Crippen LogP contribution in [0.15, 0.2) is 30.3 Å². The van der Waals surface area contributed by atoms with Gasteiger partial charge < -0.3 is 5.32 Å². The monoisotopic (exact) mass is 285 g/mol. The first kappa shape index (κ1) is 15.5. The first-order valence-electron chi connectivity index (χ1n) is 7.58. The highest BCUT2D eigenvalue weighted by molar-refractivity contribution is 5.79. The van der Waals surface area contributed by atoms with Crippen molar-refractivity contribution >= 4 is 5.91 Å². The number of likely N-dealkylation sites (N-methyl/N-ethyl adjacent to an activating group) is 1. The predicted octanol–water partition coefficient (Wildman–Crippen LogP) is 2.46. The summed E-state index contributed by atoms with van der Waals surface area (Å²) in [6.07, 6.45) is 4.75. The summed E-state index contributed by atoms with van der Waals surface area (Å²) in [6.45, 7) is 1.05. The summed E-state index contributed by atoms with van der Waals surface area (Å²) in [5, 5.41) is 12.3. The smallest absolute Gasteiger partial charge is 0.235 e. The molecule has 4 heteroatoms. The molecule has 1 aromatic rings. The van der Waals surface area contributed by atoms with Crippen LogP contribution in [0.25, 0.3) is 0 Å². The molecule has 1 aromatic carbocycles. The lowest BCUT2D eigenvalue weighted by molar-refractivity contribution is -0.123. The van der Waals surface area contributed by atoms with Crippen LogP contribution in [0.1, 0.15) is 37.7 Å². The number of carbonyl (C=O) groups excluding carboxylic acids is 1. The fourth-order valence-electron chi connectivity index (χ4n) is 2.92. The second-order valence-electron chi connectivity index (χ2n) is 5.96. The summed E-state index contributed by atoms with van der Waals surface area (Å²) in [6, 6.07) is 12.4. The van der Waals surface area contributed by atoms with Crippen LogP contribution in [0.5, 0.6) is 0 Å². The van der Waals surface area contributed by atoms with Gasteiger partial charge in [-0.3, -0.25) is 9.69 Å². The molecule has 112 valence electrons. The molecule has 0 bridgehead atoms. The number of hydrogen-bond donors (Lipinski definition) is 1. The van der Waals surface area contributed by atoms with Crippen molar-refractivity contribution in [2.75, 3.05) is 13.6 Å². The van der Waals surface area contributed by atoms with E-state index in [1.807, 2.05) is 42.3 Å². The number of nitrogens with one attached hydrogen (secondary N) is 1. The Hall–Kier alpha value is -1.86. The fraction of sp³-hybridized carbons (Fsp3) is 0.529. The van der Waals surface area contributed by atoms with Crippen molar-refractivity contribution in [3.8, 4) is 6.07 Å². The van der Waals surface area contributed by atoms with E-state index < -0.39 is 5.54 Å². The van der Waals surface area contributed by atoms with Gasteiger partial charge in [0.05, 0.1) is 12.6 Å². The first-order chi connectivity index (χ1) is 10.1.